The fourth-order valence-corrected chi connectivity index (χ4v) is 1.07. The Morgan fingerprint density at radius 2 is 1.75 bits per heavy atom. The van der Waals surface area contributed by atoms with Crippen LogP contribution in [0, 0.1) is 5.92 Å². The number of hydrogen-bond donors (Lipinski definition) is 3. The van der Waals surface area contributed by atoms with Crippen molar-refractivity contribution in [2.45, 2.75) is 39.3 Å². The summed E-state index contributed by atoms with van der Waals surface area (Å²) in [5.74, 6) is -1.45. The van der Waals surface area contributed by atoms with Crippen molar-refractivity contribution >= 4 is 17.6 Å². The maximum atomic E-state index is 11.5. The second-order valence-electron chi connectivity index (χ2n) is 4.11. The summed E-state index contributed by atoms with van der Waals surface area (Å²) in [5, 5.41) is 2.41. The Morgan fingerprint density at radius 1 is 1.25 bits per heavy atom. The van der Waals surface area contributed by atoms with Gasteiger partial charge in [0.2, 0.25) is 11.8 Å². The molecule has 0 fully saturated rings. The predicted molar refractivity (Wildman–Crippen MR) is 59.2 cm³/mol. The molecule has 0 saturated heterocycles. The van der Waals surface area contributed by atoms with Crippen molar-refractivity contribution in [3.05, 3.63) is 0 Å². The topological polar surface area (TPSA) is 115 Å². The number of Topliss-reactive ketones (excluding diaryl/α,β-unsaturated/α-hetero) is 1. The lowest BCUT2D eigenvalue weighted by Gasteiger charge is -2.19. The molecule has 0 aliphatic carbocycles. The number of carbonyl (C=O) groups is 3. The van der Waals surface area contributed by atoms with Gasteiger partial charge >= 0.3 is 0 Å². The summed E-state index contributed by atoms with van der Waals surface area (Å²) >= 11 is 0. The van der Waals surface area contributed by atoms with Crippen molar-refractivity contribution in [3.63, 3.8) is 0 Å². The second-order valence-corrected chi connectivity index (χ2v) is 4.11. The highest BCUT2D eigenvalue weighted by Gasteiger charge is 2.24. The van der Waals surface area contributed by atoms with Gasteiger partial charge in [0.25, 0.3) is 0 Å². The van der Waals surface area contributed by atoms with Crippen LogP contribution in [-0.2, 0) is 14.4 Å². The van der Waals surface area contributed by atoms with Gasteiger partial charge in [0.05, 0.1) is 18.5 Å². The van der Waals surface area contributed by atoms with Gasteiger partial charge in [0, 0.05) is 0 Å². The molecule has 5 N–H and O–H groups in total. The van der Waals surface area contributed by atoms with E-state index in [1.54, 1.807) is 13.8 Å². The summed E-state index contributed by atoms with van der Waals surface area (Å²) in [6.07, 6.45) is -0.202. The Morgan fingerprint density at radius 3 is 2.06 bits per heavy atom. The van der Waals surface area contributed by atoms with Crippen molar-refractivity contribution in [1.82, 2.24) is 5.32 Å². The minimum atomic E-state index is -0.880. The van der Waals surface area contributed by atoms with E-state index in [1.165, 1.54) is 6.92 Å². The minimum Gasteiger partial charge on any atom is -0.370 e. The standard InChI is InChI=1S/C10H19N3O3/c1-5(2)9(12)10(16)13-7(6(3)14)4-8(11)15/h5,7,9H,4,12H2,1-3H3,(H2,11,15)(H,13,16)/t7-,9-/m0/s1. The molecule has 0 heterocycles. The molecule has 0 aromatic heterocycles. The van der Waals surface area contributed by atoms with Crippen molar-refractivity contribution in [2.24, 2.45) is 17.4 Å². The molecule has 6 nitrogen and oxygen atoms in total. The first kappa shape index (κ1) is 14.6. The summed E-state index contributed by atoms with van der Waals surface area (Å²) in [4.78, 5) is 33.4. The van der Waals surface area contributed by atoms with Gasteiger partial charge in [-0.3, -0.25) is 14.4 Å². The molecule has 16 heavy (non-hydrogen) atoms. The van der Waals surface area contributed by atoms with Gasteiger partial charge in [-0.15, -0.1) is 0 Å². The van der Waals surface area contributed by atoms with Gasteiger partial charge < -0.3 is 16.8 Å². The van der Waals surface area contributed by atoms with Crippen LogP contribution in [0.3, 0.4) is 0 Å². The molecule has 0 bridgehead atoms. The quantitative estimate of drug-likeness (QED) is 0.537. The predicted octanol–water partition coefficient (Wildman–Crippen LogP) is -1.08. The SMILES string of the molecule is CC(=O)[C@H](CC(N)=O)NC(=O)[C@@H](N)C(C)C. The van der Waals surface area contributed by atoms with E-state index in [2.05, 4.69) is 5.32 Å². The molecule has 0 rings (SSSR count). The van der Waals surface area contributed by atoms with Crippen molar-refractivity contribution < 1.29 is 14.4 Å². The van der Waals surface area contributed by atoms with E-state index < -0.39 is 23.9 Å². The first-order valence-corrected chi connectivity index (χ1v) is 5.10. The molecule has 2 amide bonds. The maximum Gasteiger partial charge on any atom is 0.237 e. The zero-order valence-electron chi connectivity index (χ0n) is 9.82. The molecular formula is C10H19N3O3. The van der Waals surface area contributed by atoms with Crippen LogP contribution in [-0.4, -0.2) is 29.7 Å². The molecule has 6 heteroatoms. The van der Waals surface area contributed by atoms with E-state index in [0.717, 1.165) is 0 Å². The van der Waals surface area contributed by atoms with Crippen LogP contribution in [0.4, 0.5) is 0 Å². The summed E-state index contributed by atoms with van der Waals surface area (Å²) in [7, 11) is 0. The number of amides is 2. The smallest absolute Gasteiger partial charge is 0.237 e. The van der Waals surface area contributed by atoms with E-state index in [1.807, 2.05) is 0 Å². The Bertz CT molecular complexity index is 289. The Labute approximate surface area is 94.7 Å². The van der Waals surface area contributed by atoms with Crippen LogP contribution in [0.15, 0.2) is 0 Å². The molecule has 92 valence electrons. The molecular weight excluding hydrogens is 210 g/mol. The number of rotatable bonds is 6. The van der Waals surface area contributed by atoms with E-state index in [0.29, 0.717) is 0 Å². The third-order valence-electron chi connectivity index (χ3n) is 2.23. The van der Waals surface area contributed by atoms with Gasteiger partial charge in [-0.1, -0.05) is 13.8 Å². The fourth-order valence-electron chi connectivity index (χ4n) is 1.07. The first-order valence-electron chi connectivity index (χ1n) is 5.10. The largest absolute Gasteiger partial charge is 0.370 e. The number of hydrogen-bond acceptors (Lipinski definition) is 4. The Balaban J connectivity index is 4.46. The van der Waals surface area contributed by atoms with Gasteiger partial charge in [-0.2, -0.15) is 0 Å². The van der Waals surface area contributed by atoms with Crippen LogP contribution in [0.1, 0.15) is 27.2 Å². The third-order valence-corrected chi connectivity index (χ3v) is 2.23. The highest BCUT2D eigenvalue weighted by atomic mass is 16.2. The van der Waals surface area contributed by atoms with Gasteiger partial charge in [0.1, 0.15) is 0 Å². The summed E-state index contributed by atoms with van der Waals surface area (Å²) in [5.41, 5.74) is 10.6. The molecule has 0 aliphatic rings. The summed E-state index contributed by atoms with van der Waals surface area (Å²) in [6, 6.07) is -1.58. The lowest BCUT2D eigenvalue weighted by atomic mass is 10.0. The van der Waals surface area contributed by atoms with E-state index in [9.17, 15) is 14.4 Å². The summed E-state index contributed by atoms with van der Waals surface area (Å²) < 4.78 is 0. The van der Waals surface area contributed by atoms with Crippen molar-refractivity contribution in [3.8, 4) is 0 Å². The van der Waals surface area contributed by atoms with Gasteiger partial charge in [-0.05, 0) is 12.8 Å². The number of nitrogens with one attached hydrogen (secondary N) is 1. The Kier molecular flexibility index (Phi) is 5.66. The highest BCUT2D eigenvalue weighted by Crippen LogP contribution is 2.00. The molecule has 0 unspecified atom stereocenters. The van der Waals surface area contributed by atoms with Crippen LogP contribution >= 0.6 is 0 Å². The molecule has 2 atom stereocenters. The van der Waals surface area contributed by atoms with E-state index in [4.69, 9.17) is 11.5 Å². The second kappa shape index (κ2) is 6.22. The zero-order chi connectivity index (χ0) is 12.9. The lowest BCUT2D eigenvalue weighted by molar-refractivity contribution is -0.130. The number of carbonyl (C=O) groups excluding carboxylic acids is 3. The average molecular weight is 229 g/mol. The lowest BCUT2D eigenvalue weighted by Crippen LogP contribution is -2.50. The van der Waals surface area contributed by atoms with E-state index >= 15 is 0 Å². The monoisotopic (exact) mass is 229 g/mol. The average Bonchev–Trinajstić information content (AvgIpc) is 2.14. The van der Waals surface area contributed by atoms with Crippen molar-refractivity contribution in [2.75, 3.05) is 0 Å². The van der Waals surface area contributed by atoms with Crippen LogP contribution < -0.4 is 16.8 Å². The molecule has 0 aliphatic heterocycles. The third kappa shape index (κ3) is 4.88. The normalized spacial score (nSPS) is 14.3. The summed E-state index contributed by atoms with van der Waals surface area (Å²) in [6.45, 7) is 4.87. The first-order chi connectivity index (χ1) is 7.25. The maximum absolute atomic E-state index is 11.5. The van der Waals surface area contributed by atoms with Crippen LogP contribution in [0.2, 0.25) is 0 Å². The molecule has 0 spiro atoms. The molecule has 0 aromatic rings. The Hall–Kier alpha value is -1.43. The highest BCUT2D eigenvalue weighted by molar-refractivity contribution is 5.92. The fraction of sp³-hybridized carbons (Fsp3) is 0.700. The number of nitrogens with two attached hydrogens (primary N) is 2. The van der Waals surface area contributed by atoms with Gasteiger partial charge in [-0.25, -0.2) is 0 Å². The molecule has 0 saturated carbocycles. The van der Waals surface area contributed by atoms with Crippen LogP contribution in [0.5, 0.6) is 0 Å². The zero-order valence-corrected chi connectivity index (χ0v) is 9.82. The van der Waals surface area contributed by atoms with Gasteiger partial charge in [0.15, 0.2) is 5.78 Å². The molecule has 0 radical (unpaired) electrons. The van der Waals surface area contributed by atoms with E-state index in [-0.39, 0.29) is 18.1 Å². The molecule has 0 aromatic carbocycles. The number of ketones is 1. The minimum absolute atomic E-state index is 0.0406. The van der Waals surface area contributed by atoms with Crippen LogP contribution in [0.25, 0.3) is 0 Å². The number of primary amides is 1. The van der Waals surface area contributed by atoms with Crippen molar-refractivity contribution in [1.29, 1.82) is 0 Å².